The van der Waals surface area contributed by atoms with Crippen LogP contribution in [0.4, 0.5) is 23.0 Å². The van der Waals surface area contributed by atoms with Gasteiger partial charge in [0.15, 0.2) is 5.82 Å². The van der Waals surface area contributed by atoms with E-state index in [2.05, 4.69) is 24.8 Å². The van der Waals surface area contributed by atoms with E-state index in [-0.39, 0.29) is 5.69 Å². The Bertz CT molecular complexity index is 1030. The van der Waals surface area contributed by atoms with E-state index in [1.165, 1.54) is 12.1 Å². The Kier molecular flexibility index (Phi) is 4.94. The SMILES string of the molecule is Cc1cc(N2CCN(c3ccc(N)nc3)CC2)nc(-c2cccc([N+](=O)[O-])c2)n1. The summed E-state index contributed by atoms with van der Waals surface area (Å²) in [5.74, 6) is 1.83. The highest BCUT2D eigenvalue weighted by Gasteiger charge is 2.20. The van der Waals surface area contributed by atoms with E-state index in [9.17, 15) is 10.1 Å². The van der Waals surface area contributed by atoms with Crippen LogP contribution in [-0.4, -0.2) is 46.1 Å². The monoisotopic (exact) mass is 391 g/mol. The minimum Gasteiger partial charge on any atom is -0.384 e. The number of non-ortho nitro benzene ring substituents is 1. The molecule has 4 rings (SSSR count). The smallest absolute Gasteiger partial charge is 0.270 e. The normalized spacial score (nSPS) is 14.1. The fraction of sp³-hybridized carbons (Fsp3) is 0.250. The Morgan fingerprint density at radius 2 is 1.79 bits per heavy atom. The first-order chi connectivity index (χ1) is 14.0. The van der Waals surface area contributed by atoms with Crippen LogP contribution in [0.1, 0.15) is 5.69 Å². The largest absolute Gasteiger partial charge is 0.384 e. The van der Waals surface area contributed by atoms with Crippen LogP contribution >= 0.6 is 0 Å². The number of aryl methyl sites for hydroxylation is 1. The third-order valence-corrected chi connectivity index (χ3v) is 4.90. The highest BCUT2D eigenvalue weighted by Crippen LogP contribution is 2.25. The molecule has 148 valence electrons. The molecule has 0 aliphatic carbocycles. The summed E-state index contributed by atoms with van der Waals surface area (Å²) in [6.45, 7) is 5.17. The predicted molar refractivity (Wildman–Crippen MR) is 112 cm³/mol. The molecule has 0 bridgehead atoms. The molecular weight excluding hydrogens is 370 g/mol. The zero-order chi connectivity index (χ0) is 20.4. The molecule has 1 aromatic carbocycles. The van der Waals surface area contributed by atoms with Crippen LogP contribution in [0.25, 0.3) is 11.4 Å². The van der Waals surface area contributed by atoms with Gasteiger partial charge in [-0.25, -0.2) is 15.0 Å². The lowest BCUT2D eigenvalue weighted by molar-refractivity contribution is -0.384. The lowest BCUT2D eigenvalue weighted by Gasteiger charge is -2.36. The van der Waals surface area contributed by atoms with Gasteiger partial charge in [0.1, 0.15) is 11.6 Å². The number of nitro groups is 1. The van der Waals surface area contributed by atoms with Crippen LogP contribution in [0.3, 0.4) is 0 Å². The van der Waals surface area contributed by atoms with Crippen LogP contribution in [0.5, 0.6) is 0 Å². The summed E-state index contributed by atoms with van der Waals surface area (Å²) >= 11 is 0. The molecule has 9 nitrogen and oxygen atoms in total. The number of rotatable bonds is 4. The van der Waals surface area contributed by atoms with Crippen LogP contribution < -0.4 is 15.5 Å². The number of nitrogens with zero attached hydrogens (tertiary/aromatic N) is 6. The second kappa shape index (κ2) is 7.70. The molecule has 29 heavy (non-hydrogen) atoms. The third-order valence-electron chi connectivity index (χ3n) is 4.90. The maximum atomic E-state index is 11.1. The van der Waals surface area contributed by atoms with Crippen molar-refractivity contribution in [1.82, 2.24) is 15.0 Å². The van der Waals surface area contributed by atoms with Crippen molar-refractivity contribution >= 4 is 23.0 Å². The first-order valence-corrected chi connectivity index (χ1v) is 9.31. The first kappa shape index (κ1) is 18.6. The second-order valence-electron chi connectivity index (χ2n) is 6.91. The molecule has 1 aliphatic rings. The van der Waals surface area contributed by atoms with Gasteiger partial charge in [0.05, 0.1) is 16.8 Å². The van der Waals surface area contributed by atoms with Crippen LogP contribution in [-0.2, 0) is 0 Å². The average Bonchev–Trinajstić information content (AvgIpc) is 2.74. The number of nitrogen functional groups attached to an aromatic ring is 1. The van der Waals surface area contributed by atoms with Gasteiger partial charge in [-0.3, -0.25) is 10.1 Å². The molecule has 1 aliphatic heterocycles. The lowest BCUT2D eigenvalue weighted by Crippen LogP contribution is -2.47. The van der Waals surface area contributed by atoms with Crippen molar-refractivity contribution in [1.29, 1.82) is 0 Å². The van der Waals surface area contributed by atoms with Crippen molar-refractivity contribution in [3.8, 4) is 11.4 Å². The van der Waals surface area contributed by atoms with E-state index in [0.717, 1.165) is 43.4 Å². The van der Waals surface area contributed by atoms with Crippen LogP contribution in [0, 0.1) is 17.0 Å². The van der Waals surface area contributed by atoms with E-state index >= 15 is 0 Å². The zero-order valence-electron chi connectivity index (χ0n) is 16.0. The van der Waals surface area contributed by atoms with Crippen molar-refractivity contribution in [2.75, 3.05) is 41.7 Å². The van der Waals surface area contributed by atoms with E-state index < -0.39 is 4.92 Å². The van der Waals surface area contributed by atoms with Gasteiger partial charge in [-0.2, -0.15) is 0 Å². The quantitative estimate of drug-likeness (QED) is 0.533. The number of benzene rings is 1. The van der Waals surface area contributed by atoms with E-state index in [4.69, 9.17) is 5.73 Å². The summed E-state index contributed by atoms with van der Waals surface area (Å²) in [6, 6.07) is 12.1. The summed E-state index contributed by atoms with van der Waals surface area (Å²) in [4.78, 5) is 28.5. The second-order valence-corrected chi connectivity index (χ2v) is 6.91. The van der Waals surface area contributed by atoms with E-state index in [1.54, 1.807) is 24.4 Å². The summed E-state index contributed by atoms with van der Waals surface area (Å²) in [5, 5.41) is 11.1. The Morgan fingerprint density at radius 1 is 1.03 bits per heavy atom. The minimum absolute atomic E-state index is 0.0277. The van der Waals surface area contributed by atoms with Gasteiger partial charge in [0, 0.05) is 55.6 Å². The number of aromatic nitrogens is 3. The van der Waals surface area contributed by atoms with Gasteiger partial charge in [-0.15, -0.1) is 0 Å². The number of nitro benzene ring substituents is 1. The average molecular weight is 391 g/mol. The molecule has 1 saturated heterocycles. The van der Waals surface area contributed by atoms with Gasteiger partial charge in [-0.1, -0.05) is 12.1 Å². The summed E-state index contributed by atoms with van der Waals surface area (Å²) in [7, 11) is 0. The maximum absolute atomic E-state index is 11.1. The maximum Gasteiger partial charge on any atom is 0.270 e. The molecule has 2 aromatic heterocycles. The molecule has 0 radical (unpaired) electrons. The van der Waals surface area contributed by atoms with Gasteiger partial charge in [0.2, 0.25) is 0 Å². The number of anilines is 3. The molecule has 0 amide bonds. The highest BCUT2D eigenvalue weighted by atomic mass is 16.6. The molecule has 3 aromatic rings. The number of pyridine rings is 1. The van der Waals surface area contributed by atoms with Gasteiger partial charge < -0.3 is 15.5 Å². The van der Waals surface area contributed by atoms with Crippen molar-refractivity contribution in [2.24, 2.45) is 0 Å². The standard InChI is InChI=1S/C20H21N7O2/c1-14-11-19(24-20(23-14)15-3-2-4-16(12-15)27(28)29)26-9-7-25(8-10-26)17-5-6-18(21)22-13-17/h2-6,11-13H,7-10H2,1H3,(H2,21,22). The van der Waals surface area contributed by atoms with Crippen molar-refractivity contribution in [3.63, 3.8) is 0 Å². The summed E-state index contributed by atoms with van der Waals surface area (Å²) < 4.78 is 0. The van der Waals surface area contributed by atoms with E-state index in [1.807, 2.05) is 19.1 Å². The number of nitrogens with two attached hydrogens (primary N) is 1. The molecule has 0 spiro atoms. The molecule has 0 saturated carbocycles. The Labute approximate surface area is 168 Å². The van der Waals surface area contributed by atoms with Crippen molar-refractivity contribution in [2.45, 2.75) is 6.92 Å². The molecule has 2 N–H and O–H groups in total. The molecule has 0 atom stereocenters. The van der Waals surface area contributed by atoms with Gasteiger partial charge >= 0.3 is 0 Å². The molecule has 9 heteroatoms. The van der Waals surface area contributed by atoms with Crippen LogP contribution in [0.15, 0.2) is 48.7 Å². The fourth-order valence-electron chi connectivity index (χ4n) is 3.38. The minimum atomic E-state index is -0.411. The molecule has 1 fully saturated rings. The van der Waals surface area contributed by atoms with Gasteiger partial charge in [0.25, 0.3) is 5.69 Å². The Hall–Kier alpha value is -3.75. The Morgan fingerprint density at radius 3 is 2.48 bits per heavy atom. The molecular formula is C20H21N7O2. The number of hydrogen-bond acceptors (Lipinski definition) is 8. The van der Waals surface area contributed by atoms with Gasteiger partial charge in [-0.05, 0) is 19.1 Å². The molecule has 0 unspecified atom stereocenters. The van der Waals surface area contributed by atoms with E-state index in [0.29, 0.717) is 17.2 Å². The lowest BCUT2D eigenvalue weighted by atomic mass is 10.2. The predicted octanol–water partition coefficient (Wildman–Crippen LogP) is 2.66. The topological polar surface area (TPSA) is 114 Å². The zero-order valence-corrected chi connectivity index (χ0v) is 16.0. The molecule has 3 heterocycles. The third kappa shape index (κ3) is 4.08. The fourth-order valence-corrected chi connectivity index (χ4v) is 3.38. The van der Waals surface area contributed by atoms with Crippen molar-refractivity contribution < 1.29 is 4.92 Å². The Balaban J connectivity index is 1.53. The first-order valence-electron chi connectivity index (χ1n) is 9.31. The van der Waals surface area contributed by atoms with Crippen LogP contribution in [0.2, 0.25) is 0 Å². The number of hydrogen-bond donors (Lipinski definition) is 1. The van der Waals surface area contributed by atoms with Crippen molar-refractivity contribution in [3.05, 3.63) is 64.5 Å². The summed E-state index contributed by atoms with van der Waals surface area (Å²) in [6.07, 6.45) is 1.79. The highest BCUT2D eigenvalue weighted by molar-refractivity contribution is 5.61. The summed E-state index contributed by atoms with van der Waals surface area (Å²) in [5.41, 5.74) is 8.20. The number of piperazine rings is 1.